The number of hydrogen-bond donors (Lipinski definition) is 0. The van der Waals surface area contributed by atoms with Gasteiger partial charge in [-0.2, -0.15) is 0 Å². The Kier molecular flexibility index (Phi) is 6.05. The van der Waals surface area contributed by atoms with E-state index in [0.717, 1.165) is 30.2 Å². The van der Waals surface area contributed by atoms with E-state index < -0.39 is 9.84 Å². The van der Waals surface area contributed by atoms with Crippen molar-refractivity contribution in [2.75, 3.05) is 31.2 Å². The van der Waals surface area contributed by atoms with Gasteiger partial charge in [-0.25, -0.2) is 13.4 Å². The molecule has 3 heterocycles. The summed E-state index contributed by atoms with van der Waals surface area (Å²) < 4.78 is 31.6. The van der Waals surface area contributed by atoms with Gasteiger partial charge >= 0.3 is 0 Å². The van der Waals surface area contributed by atoms with Gasteiger partial charge < -0.3 is 9.30 Å². The highest BCUT2D eigenvalue weighted by atomic mass is 32.2. The van der Waals surface area contributed by atoms with Gasteiger partial charge in [0.2, 0.25) is 0 Å². The highest BCUT2D eigenvalue weighted by Crippen LogP contribution is 2.21. The van der Waals surface area contributed by atoms with E-state index in [0.29, 0.717) is 19.8 Å². The fourth-order valence-electron chi connectivity index (χ4n) is 3.16. The zero-order valence-electron chi connectivity index (χ0n) is 15.3. The maximum absolute atomic E-state index is 11.8. The van der Waals surface area contributed by atoms with E-state index in [1.165, 1.54) is 0 Å². The van der Waals surface area contributed by atoms with E-state index in [1.54, 1.807) is 6.92 Å². The molecule has 1 aliphatic heterocycles. The maximum atomic E-state index is 11.8. The summed E-state index contributed by atoms with van der Waals surface area (Å²) >= 11 is 0. The third kappa shape index (κ3) is 4.90. The van der Waals surface area contributed by atoms with Crippen LogP contribution in [0, 0.1) is 6.92 Å². The van der Waals surface area contributed by atoms with Crippen molar-refractivity contribution >= 4 is 9.84 Å². The maximum Gasteiger partial charge on any atom is 0.151 e. The first kappa shape index (κ1) is 19.0. The molecule has 0 aliphatic carbocycles. The summed E-state index contributed by atoms with van der Waals surface area (Å²) in [6.45, 7) is 6.67. The summed E-state index contributed by atoms with van der Waals surface area (Å²) in [5.41, 5.74) is 2.98. The highest BCUT2D eigenvalue weighted by Gasteiger charge is 2.25. The number of sulfone groups is 1. The van der Waals surface area contributed by atoms with E-state index in [1.807, 2.05) is 37.6 Å². The van der Waals surface area contributed by atoms with Crippen LogP contribution < -0.4 is 0 Å². The van der Waals surface area contributed by atoms with Crippen LogP contribution in [-0.2, 0) is 27.7 Å². The summed E-state index contributed by atoms with van der Waals surface area (Å²) in [4.78, 5) is 10.9. The van der Waals surface area contributed by atoms with Crippen molar-refractivity contribution < 1.29 is 13.2 Å². The lowest BCUT2D eigenvalue weighted by molar-refractivity contribution is 0.0606. The normalized spacial score (nSPS) is 18.0. The summed E-state index contributed by atoms with van der Waals surface area (Å²) in [6, 6.07) is 6.02. The standard InChI is InChI=1S/C18H26N4O3S/c1-3-26(23,24)8-7-21-10-17-9-19-14-22(17)18(11-21)13-25-12-16-6-4-5-15(2)20-16/h4-6,9,14,18H,3,7-8,10-13H2,1-2H3. The van der Waals surface area contributed by atoms with Gasteiger partial charge in [0.1, 0.15) is 0 Å². The Bertz CT molecular complexity index is 834. The minimum atomic E-state index is -2.96. The Balaban J connectivity index is 1.59. The second kappa shape index (κ2) is 8.28. The molecule has 0 bridgehead atoms. The molecule has 8 heteroatoms. The van der Waals surface area contributed by atoms with Crippen LogP contribution in [0.25, 0.3) is 0 Å². The molecule has 2 aromatic heterocycles. The molecule has 0 fully saturated rings. The van der Waals surface area contributed by atoms with Crippen LogP contribution in [-0.4, -0.2) is 59.1 Å². The van der Waals surface area contributed by atoms with Gasteiger partial charge in [-0.3, -0.25) is 9.88 Å². The van der Waals surface area contributed by atoms with Crippen molar-refractivity contribution in [3.05, 3.63) is 47.8 Å². The average Bonchev–Trinajstić information content (AvgIpc) is 3.09. The second-order valence-corrected chi connectivity index (χ2v) is 9.18. The highest BCUT2D eigenvalue weighted by molar-refractivity contribution is 7.91. The predicted octanol–water partition coefficient (Wildman–Crippen LogP) is 1.59. The van der Waals surface area contributed by atoms with Crippen LogP contribution >= 0.6 is 0 Å². The molecule has 0 aromatic carbocycles. The average molecular weight is 378 g/mol. The second-order valence-electron chi connectivity index (χ2n) is 6.70. The first-order valence-corrected chi connectivity index (χ1v) is 10.7. The lowest BCUT2D eigenvalue weighted by Crippen LogP contribution is -2.41. The van der Waals surface area contributed by atoms with Gasteiger partial charge in [0.25, 0.3) is 0 Å². The lowest BCUT2D eigenvalue weighted by Gasteiger charge is -2.34. The van der Waals surface area contributed by atoms with Crippen molar-refractivity contribution in [3.8, 4) is 0 Å². The molecule has 0 saturated heterocycles. The van der Waals surface area contributed by atoms with Gasteiger partial charge in [-0.1, -0.05) is 13.0 Å². The Morgan fingerprint density at radius 1 is 1.35 bits per heavy atom. The van der Waals surface area contributed by atoms with E-state index in [2.05, 4.69) is 19.4 Å². The topological polar surface area (TPSA) is 77.3 Å². The van der Waals surface area contributed by atoms with Gasteiger partial charge in [0.15, 0.2) is 9.84 Å². The number of hydrogen-bond acceptors (Lipinski definition) is 6. The number of aryl methyl sites for hydroxylation is 1. The van der Waals surface area contributed by atoms with Gasteiger partial charge in [-0.15, -0.1) is 0 Å². The molecule has 0 radical (unpaired) electrons. The Hall–Kier alpha value is -1.77. The van der Waals surface area contributed by atoms with Crippen molar-refractivity contribution in [3.63, 3.8) is 0 Å². The monoisotopic (exact) mass is 378 g/mol. The number of fused-ring (bicyclic) bond motifs is 1. The van der Waals surface area contributed by atoms with Crippen LogP contribution in [0.4, 0.5) is 0 Å². The van der Waals surface area contributed by atoms with E-state index in [4.69, 9.17) is 4.74 Å². The SMILES string of the molecule is CCS(=O)(=O)CCN1Cc2cncn2C(COCc2cccc(C)n2)C1. The molecule has 0 spiro atoms. The first-order chi connectivity index (χ1) is 12.5. The van der Waals surface area contributed by atoms with Crippen LogP contribution in [0.1, 0.15) is 30.0 Å². The molecule has 26 heavy (non-hydrogen) atoms. The molecule has 2 aromatic rings. The molecule has 0 amide bonds. The summed E-state index contributed by atoms with van der Waals surface area (Å²) in [7, 11) is -2.96. The van der Waals surface area contributed by atoms with Gasteiger partial charge in [0.05, 0.1) is 42.7 Å². The van der Waals surface area contributed by atoms with E-state index in [9.17, 15) is 8.42 Å². The molecular weight excluding hydrogens is 352 g/mol. The minimum Gasteiger partial charge on any atom is -0.373 e. The molecule has 1 atom stereocenters. The van der Waals surface area contributed by atoms with Gasteiger partial charge in [-0.05, 0) is 19.1 Å². The zero-order chi connectivity index (χ0) is 18.6. The Labute approximate surface area is 154 Å². The molecule has 1 aliphatic rings. The molecule has 1 unspecified atom stereocenters. The fraction of sp³-hybridized carbons (Fsp3) is 0.556. The number of aromatic nitrogens is 3. The third-order valence-electron chi connectivity index (χ3n) is 4.66. The molecule has 0 saturated carbocycles. The van der Waals surface area contributed by atoms with Crippen LogP contribution in [0.15, 0.2) is 30.7 Å². The number of rotatable bonds is 8. The first-order valence-electron chi connectivity index (χ1n) is 8.90. The molecule has 3 rings (SSSR count). The van der Waals surface area contributed by atoms with Crippen molar-refractivity contribution in [1.82, 2.24) is 19.4 Å². The Morgan fingerprint density at radius 2 is 2.19 bits per heavy atom. The van der Waals surface area contributed by atoms with E-state index >= 15 is 0 Å². The molecule has 7 nitrogen and oxygen atoms in total. The summed E-state index contributed by atoms with van der Waals surface area (Å²) in [6.07, 6.45) is 3.67. The smallest absolute Gasteiger partial charge is 0.151 e. The quantitative estimate of drug-likeness (QED) is 0.694. The van der Waals surface area contributed by atoms with Crippen LogP contribution in [0.5, 0.6) is 0 Å². The summed E-state index contributed by atoms with van der Waals surface area (Å²) in [5, 5.41) is 0. The van der Waals surface area contributed by atoms with Crippen molar-refractivity contribution in [2.24, 2.45) is 0 Å². The van der Waals surface area contributed by atoms with Crippen molar-refractivity contribution in [2.45, 2.75) is 33.0 Å². The number of ether oxygens (including phenoxy) is 1. The van der Waals surface area contributed by atoms with E-state index in [-0.39, 0.29) is 17.5 Å². The zero-order valence-corrected chi connectivity index (χ0v) is 16.2. The predicted molar refractivity (Wildman–Crippen MR) is 99.5 cm³/mol. The third-order valence-corrected chi connectivity index (χ3v) is 6.34. The van der Waals surface area contributed by atoms with Gasteiger partial charge in [0, 0.05) is 37.3 Å². The van der Waals surface area contributed by atoms with Crippen LogP contribution in [0.3, 0.4) is 0 Å². The number of nitrogens with zero attached hydrogens (tertiary/aromatic N) is 4. The lowest BCUT2D eigenvalue weighted by atomic mass is 10.2. The number of imidazole rings is 1. The number of pyridine rings is 1. The molecule has 0 N–H and O–H groups in total. The molecule has 142 valence electrons. The largest absolute Gasteiger partial charge is 0.373 e. The molecular formula is C18H26N4O3S. The Morgan fingerprint density at radius 3 is 2.96 bits per heavy atom. The van der Waals surface area contributed by atoms with Crippen molar-refractivity contribution in [1.29, 1.82) is 0 Å². The fourth-order valence-corrected chi connectivity index (χ4v) is 3.98. The minimum absolute atomic E-state index is 0.121. The van der Waals surface area contributed by atoms with Crippen LogP contribution in [0.2, 0.25) is 0 Å². The summed E-state index contributed by atoms with van der Waals surface area (Å²) in [5.74, 6) is 0.382.